The minimum Gasteiger partial charge on any atom is -0.349 e. The van der Waals surface area contributed by atoms with Crippen LogP contribution in [0.15, 0.2) is 4.99 Å². The van der Waals surface area contributed by atoms with Gasteiger partial charge in [-0.05, 0) is 0 Å². The molecule has 7 heteroatoms. The Kier molecular flexibility index (Phi) is 3.26. The first-order valence-corrected chi connectivity index (χ1v) is 8.53. The van der Waals surface area contributed by atoms with Crippen molar-refractivity contribution in [2.24, 2.45) is 10.4 Å². The first-order valence-electron chi connectivity index (χ1n) is 5.83. The zero-order chi connectivity index (χ0) is 13.7. The molecule has 0 aliphatic carbocycles. The molecule has 0 aromatic heterocycles. The summed E-state index contributed by atoms with van der Waals surface area (Å²) in [5.41, 5.74) is -0.502. The number of fused-ring (bicyclic) bond motifs is 1. The van der Waals surface area contributed by atoms with Crippen molar-refractivity contribution in [3.8, 4) is 0 Å². The predicted molar refractivity (Wildman–Crippen MR) is 73.5 cm³/mol. The molecule has 2 aliphatic rings. The molecule has 2 atom stereocenters. The number of carbonyl (C=O) groups is 1. The summed E-state index contributed by atoms with van der Waals surface area (Å²) in [5, 5.41) is 0.673. The van der Waals surface area contributed by atoms with Gasteiger partial charge in [-0.1, -0.05) is 32.5 Å². The summed E-state index contributed by atoms with van der Waals surface area (Å²) in [6.07, 6.45) is 0. The number of rotatable bonds is 0. The molecule has 0 radical (unpaired) electrons. The van der Waals surface area contributed by atoms with Crippen molar-refractivity contribution in [3.63, 3.8) is 0 Å². The van der Waals surface area contributed by atoms with E-state index in [4.69, 9.17) is 0 Å². The molecule has 5 nitrogen and oxygen atoms in total. The third-order valence-electron chi connectivity index (χ3n) is 3.17. The maximum absolute atomic E-state index is 11.9. The molecule has 2 unspecified atom stereocenters. The van der Waals surface area contributed by atoms with E-state index in [0.29, 0.717) is 5.17 Å². The summed E-state index contributed by atoms with van der Waals surface area (Å²) in [4.78, 5) is 17.8. The highest BCUT2D eigenvalue weighted by Crippen LogP contribution is 2.37. The van der Waals surface area contributed by atoms with E-state index >= 15 is 0 Å². The van der Waals surface area contributed by atoms with Crippen LogP contribution in [0.5, 0.6) is 0 Å². The number of hydrogen-bond donors (Lipinski definition) is 0. The highest BCUT2D eigenvalue weighted by molar-refractivity contribution is 8.15. The molecule has 1 amide bonds. The lowest BCUT2D eigenvalue weighted by atomic mass is 9.96. The van der Waals surface area contributed by atoms with Crippen LogP contribution >= 0.6 is 11.8 Å². The molecule has 2 rings (SSSR count). The van der Waals surface area contributed by atoms with Gasteiger partial charge >= 0.3 is 0 Å². The quantitative estimate of drug-likeness (QED) is 0.659. The third-order valence-corrected chi connectivity index (χ3v) is 6.47. The lowest BCUT2D eigenvalue weighted by molar-refractivity contribution is -0.124. The monoisotopic (exact) mass is 290 g/mol. The van der Waals surface area contributed by atoms with E-state index in [1.165, 1.54) is 11.8 Å². The van der Waals surface area contributed by atoms with Gasteiger partial charge < -0.3 is 4.90 Å². The van der Waals surface area contributed by atoms with E-state index in [-0.39, 0.29) is 28.7 Å². The van der Waals surface area contributed by atoms with E-state index in [0.717, 1.165) is 0 Å². The highest BCUT2D eigenvalue weighted by atomic mass is 32.2. The molecule has 2 heterocycles. The van der Waals surface area contributed by atoms with Gasteiger partial charge in [0.1, 0.15) is 0 Å². The molecule has 2 saturated heterocycles. The number of carbonyl (C=O) groups excluding carboxylic acids is 1. The van der Waals surface area contributed by atoms with Crippen LogP contribution in [0, 0.1) is 5.41 Å². The number of sulfone groups is 1. The Morgan fingerprint density at radius 2 is 2.00 bits per heavy atom. The normalized spacial score (nSPS) is 32.9. The molecule has 0 bridgehead atoms. The van der Waals surface area contributed by atoms with Gasteiger partial charge in [-0.3, -0.25) is 4.79 Å². The van der Waals surface area contributed by atoms with E-state index in [1.54, 1.807) is 0 Å². The lowest BCUT2D eigenvalue weighted by Crippen LogP contribution is -2.34. The molecule has 102 valence electrons. The average Bonchev–Trinajstić information content (AvgIpc) is 2.61. The Bertz CT molecular complexity index is 505. The predicted octanol–water partition coefficient (Wildman–Crippen LogP) is 0.759. The van der Waals surface area contributed by atoms with Crippen molar-refractivity contribution in [3.05, 3.63) is 0 Å². The molecular weight excluding hydrogens is 272 g/mol. The van der Waals surface area contributed by atoms with Crippen LogP contribution in [0.25, 0.3) is 0 Å². The minimum absolute atomic E-state index is 0.0199. The Hall–Kier alpha value is -0.560. The molecule has 0 N–H and O–H groups in total. The van der Waals surface area contributed by atoms with Gasteiger partial charge in [0.05, 0.1) is 17.5 Å². The van der Waals surface area contributed by atoms with Gasteiger partial charge in [-0.25, -0.2) is 8.42 Å². The molecule has 0 spiro atoms. The van der Waals surface area contributed by atoms with Crippen LogP contribution in [-0.4, -0.2) is 54.2 Å². The molecule has 0 aromatic carbocycles. The van der Waals surface area contributed by atoms with Crippen LogP contribution in [0.3, 0.4) is 0 Å². The fraction of sp³-hybridized carbons (Fsp3) is 0.818. The number of thioether (sulfide) groups is 1. The van der Waals surface area contributed by atoms with Gasteiger partial charge in [-0.15, -0.1) is 0 Å². The van der Waals surface area contributed by atoms with Crippen LogP contribution in [-0.2, 0) is 14.6 Å². The van der Waals surface area contributed by atoms with Crippen molar-refractivity contribution in [2.75, 3.05) is 18.6 Å². The van der Waals surface area contributed by atoms with Crippen molar-refractivity contribution < 1.29 is 13.2 Å². The summed E-state index contributed by atoms with van der Waals surface area (Å²) in [6, 6.07) is -0.0356. The molecule has 18 heavy (non-hydrogen) atoms. The molecule has 0 saturated carbocycles. The second kappa shape index (κ2) is 4.23. The number of amidine groups is 1. The largest absolute Gasteiger partial charge is 0.349 e. The van der Waals surface area contributed by atoms with Crippen molar-refractivity contribution in [1.29, 1.82) is 0 Å². The topological polar surface area (TPSA) is 66.8 Å². The zero-order valence-electron chi connectivity index (χ0n) is 11.0. The van der Waals surface area contributed by atoms with Crippen LogP contribution in [0.4, 0.5) is 0 Å². The van der Waals surface area contributed by atoms with Crippen LogP contribution in [0.2, 0.25) is 0 Å². The van der Waals surface area contributed by atoms with Crippen molar-refractivity contribution in [1.82, 2.24) is 4.90 Å². The summed E-state index contributed by atoms with van der Waals surface area (Å²) in [6.45, 7) is 5.47. The molecule has 0 aromatic rings. The fourth-order valence-electron chi connectivity index (χ4n) is 1.99. The zero-order valence-corrected chi connectivity index (χ0v) is 12.6. The van der Waals surface area contributed by atoms with Gasteiger partial charge in [0.15, 0.2) is 15.0 Å². The summed E-state index contributed by atoms with van der Waals surface area (Å²) < 4.78 is 23.1. The lowest BCUT2D eigenvalue weighted by Gasteiger charge is -2.19. The number of nitrogens with zero attached hydrogens (tertiary/aromatic N) is 2. The average molecular weight is 290 g/mol. The summed E-state index contributed by atoms with van der Waals surface area (Å²) in [7, 11) is -1.11. The number of aliphatic imine (C=N–C) groups is 1. The Morgan fingerprint density at radius 1 is 1.39 bits per heavy atom. The number of hydrogen-bond acceptors (Lipinski definition) is 4. The van der Waals surface area contributed by atoms with E-state index in [9.17, 15) is 13.2 Å². The Morgan fingerprint density at radius 3 is 2.50 bits per heavy atom. The Labute approximate surface area is 112 Å². The smallest absolute Gasteiger partial charge is 0.253 e. The maximum atomic E-state index is 11.9. The third kappa shape index (κ3) is 2.56. The van der Waals surface area contributed by atoms with E-state index in [2.05, 4.69) is 4.99 Å². The number of amides is 1. The first-order chi connectivity index (χ1) is 8.10. The van der Waals surface area contributed by atoms with Crippen LogP contribution in [0.1, 0.15) is 20.8 Å². The molecule has 2 fully saturated rings. The van der Waals surface area contributed by atoms with Crippen molar-refractivity contribution >= 4 is 32.7 Å². The van der Waals surface area contributed by atoms with Gasteiger partial charge in [0.2, 0.25) is 0 Å². The summed E-state index contributed by atoms with van der Waals surface area (Å²) in [5.74, 6) is 0.193. The van der Waals surface area contributed by atoms with Crippen LogP contribution < -0.4 is 0 Å². The Balaban J connectivity index is 2.18. The van der Waals surface area contributed by atoms with Crippen molar-refractivity contribution in [2.45, 2.75) is 32.1 Å². The second-order valence-corrected chi connectivity index (χ2v) is 9.22. The van der Waals surface area contributed by atoms with Gasteiger partial charge in [0, 0.05) is 17.7 Å². The molecule has 2 aliphatic heterocycles. The van der Waals surface area contributed by atoms with E-state index in [1.807, 2.05) is 32.7 Å². The minimum atomic E-state index is -2.92. The van der Waals surface area contributed by atoms with Gasteiger partial charge in [0.25, 0.3) is 5.91 Å². The summed E-state index contributed by atoms with van der Waals surface area (Å²) >= 11 is 1.41. The van der Waals surface area contributed by atoms with E-state index < -0.39 is 15.3 Å². The standard InChI is InChI=1S/C11H18N2O3S2/c1-11(2,3)9(14)12-10-13(4)7-5-18(15,16)6-8(7)17-10/h7-8H,5-6H2,1-4H3. The first kappa shape index (κ1) is 13.9. The SMILES string of the molecule is CN1C(=NC(=O)C(C)(C)C)SC2CS(=O)(=O)CC21. The maximum Gasteiger partial charge on any atom is 0.253 e. The highest BCUT2D eigenvalue weighted by Gasteiger charge is 2.47. The van der Waals surface area contributed by atoms with Gasteiger partial charge in [-0.2, -0.15) is 4.99 Å². The second-order valence-electron chi connectivity index (χ2n) is 5.86. The fourth-order valence-corrected chi connectivity index (χ4v) is 5.99. The molecular formula is C11H18N2O3S2.